The molecule has 7 nitrogen and oxygen atoms in total. The zero-order chi connectivity index (χ0) is 19.4. The Hall–Kier alpha value is -1.64. The van der Waals surface area contributed by atoms with Gasteiger partial charge in [-0.15, -0.1) is 0 Å². The normalized spacial score (nSPS) is 18.3. The minimum absolute atomic E-state index is 0.000491. The van der Waals surface area contributed by atoms with Gasteiger partial charge in [0.1, 0.15) is 0 Å². The first kappa shape index (κ1) is 21.7. The number of sulfonamides is 1. The molecule has 0 radical (unpaired) electrons. The minimum Gasteiger partial charge on any atom is -0.377 e. The van der Waals surface area contributed by atoms with Crippen molar-refractivity contribution < 1.29 is 13.2 Å². The lowest BCUT2D eigenvalue weighted by molar-refractivity contribution is 0.0200. The maximum absolute atomic E-state index is 12.1. The van der Waals surface area contributed by atoms with Crippen molar-refractivity contribution in [3.05, 3.63) is 35.9 Å². The summed E-state index contributed by atoms with van der Waals surface area (Å²) in [7, 11) is -1.64. The van der Waals surface area contributed by atoms with Crippen LogP contribution in [-0.4, -0.2) is 59.5 Å². The molecule has 1 aliphatic heterocycles. The number of benzene rings is 1. The first-order chi connectivity index (χ1) is 13.1. The Bertz CT molecular complexity index is 659. The molecule has 0 aromatic heterocycles. The minimum atomic E-state index is -3.32. The molecule has 1 fully saturated rings. The van der Waals surface area contributed by atoms with E-state index < -0.39 is 10.0 Å². The van der Waals surface area contributed by atoms with Crippen LogP contribution in [0.5, 0.6) is 0 Å². The summed E-state index contributed by atoms with van der Waals surface area (Å²) in [6, 6.07) is 10.3. The molecule has 152 valence electrons. The molecule has 27 heavy (non-hydrogen) atoms. The predicted octanol–water partition coefficient (Wildman–Crippen LogP) is 1.27. The van der Waals surface area contributed by atoms with Crippen LogP contribution in [0, 0.1) is 0 Å². The fraction of sp³-hybridized carbons (Fsp3) is 0.632. The largest absolute Gasteiger partial charge is 0.377 e. The van der Waals surface area contributed by atoms with E-state index in [-0.39, 0.29) is 11.9 Å². The Morgan fingerprint density at radius 3 is 2.67 bits per heavy atom. The Morgan fingerprint density at radius 2 is 1.96 bits per heavy atom. The van der Waals surface area contributed by atoms with Gasteiger partial charge in [-0.2, -0.15) is 0 Å². The van der Waals surface area contributed by atoms with Crippen LogP contribution < -0.4 is 15.4 Å². The summed E-state index contributed by atoms with van der Waals surface area (Å²) in [4.78, 5) is 4.13. The highest BCUT2D eigenvalue weighted by molar-refractivity contribution is 7.89. The second kappa shape index (κ2) is 11.9. The third kappa shape index (κ3) is 9.21. The topological polar surface area (TPSA) is 91.8 Å². The van der Waals surface area contributed by atoms with E-state index in [0.717, 1.165) is 45.3 Å². The number of ether oxygens (including phenoxy) is 1. The summed E-state index contributed by atoms with van der Waals surface area (Å²) in [6.07, 6.45) is 5.05. The second-order valence-corrected chi connectivity index (χ2v) is 8.60. The molecule has 0 amide bonds. The quantitative estimate of drug-likeness (QED) is 0.315. The zero-order valence-corrected chi connectivity index (χ0v) is 16.9. The lowest BCUT2D eigenvalue weighted by Crippen LogP contribution is -2.42. The maximum Gasteiger partial charge on any atom is 0.213 e. The molecule has 3 N–H and O–H groups in total. The molecule has 1 unspecified atom stereocenters. The molecular formula is C19H32N4O3S. The molecule has 1 aromatic rings. The van der Waals surface area contributed by atoms with E-state index in [1.807, 2.05) is 18.2 Å². The van der Waals surface area contributed by atoms with E-state index in [0.29, 0.717) is 19.0 Å². The smallest absolute Gasteiger partial charge is 0.213 e. The number of aliphatic imine (C=N–C) groups is 1. The van der Waals surface area contributed by atoms with Crippen LogP contribution >= 0.6 is 0 Å². The molecule has 0 bridgehead atoms. The second-order valence-electron chi connectivity index (χ2n) is 6.67. The van der Waals surface area contributed by atoms with Crippen molar-refractivity contribution in [2.45, 2.75) is 38.2 Å². The van der Waals surface area contributed by atoms with Crippen LogP contribution in [-0.2, 0) is 21.2 Å². The first-order valence-electron chi connectivity index (χ1n) is 9.66. The summed E-state index contributed by atoms with van der Waals surface area (Å²) in [5, 5.41) is 6.26. The number of hydrogen-bond acceptors (Lipinski definition) is 4. The van der Waals surface area contributed by atoms with E-state index in [9.17, 15) is 8.42 Å². The highest BCUT2D eigenvalue weighted by atomic mass is 32.2. The van der Waals surface area contributed by atoms with Crippen LogP contribution in [0.4, 0.5) is 0 Å². The fourth-order valence-electron chi connectivity index (χ4n) is 2.93. The molecule has 1 heterocycles. The molecule has 1 atom stereocenters. The van der Waals surface area contributed by atoms with Crippen LogP contribution in [0.2, 0.25) is 0 Å². The maximum atomic E-state index is 12.1. The highest BCUT2D eigenvalue weighted by Crippen LogP contribution is 2.11. The lowest BCUT2D eigenvalue weighted by Gasteiger charge is -2.22. The SMILES string of the molecule is CN=C(NCCCc1ccccc1)NCCS(=O)(=O)NCC1CCCCO1. The van der Waals surface area contributed by atoms with Gasteiger partial charge in [0.15, 0.2) is 5.96 Å². The van der Waals surface area contributed by atoms with Gasteiger partial charge in [0.05, 0.1) is 11.9 Å². The van der Waals surface area contributed by atoms with Crippen molar-refractivity contribution in [3.8, 4) is 0 Å². The number of aryl methyl sites for hydroxylation is 1. The average Bonchev–Trinajstić information content (AvgIpc) is 2.70. The van der Waals surface area contributed by atoms with Crippen LogP contribution in [0.15, 0.2) is 35.3 Å². The summed E-state index contributed by atoms with van der Waals surface area (Å²) >= 11 is 0. The monoisotopic (exact) mass is 396 g/mol. The Labute approximate surface area is 163 Å². The van der Waals surface area contributed by atoms with Gasteiger partial charge in [0, 0.05) is 33.3 Å². The van der Waals surface area contributed by atoms with Crippen molar-refractivity contribution >= 4 is 16.0 Å². The molecule has 8 heteroatoms. The zero-order valence-electron chi connectivity index (χ0n) is 16.1. The Kier molecular flexibility index (Phi) is 9.58. The van der Waals surface area contributed by atoms with Crippen LogP contribution in [0.25, 0.3) is 0 Å². The lowest BCUT2D eigenvalue weighted by atomic mass is 10.1. The van der Waals surface area contributed by atoms with Crippen LogP contribution in [0.3, 0.4) is 0 Å². The van der Waals surface area contributed by atoms with E-state index in [1.165, 1.54) is 5.56 Å². The van der Waals surface area contributed by atoms with Gasteiger partial charge in [-0.1, -0.05) is 30.3 Å². The predicted molar refractivity (Wildman–Crippen MR) is 110 cm³/mol. The first-order valence-corrected chi connectivity index (χ1v) is 11.3. The van der Waals surface area contributed by atoms with Gasteiger partial charge < -0.3 is 15.4 Å². The number of nitrogens with one attached hydrogen (secondary N) is 3. The molecule has 0 saturated carbocycles. The third-order valence-electron chi connectivity index (χ3n) is 4.47. The molecular weight excluding hydrogens is 364 g/mol. The van der Waals surface area contributed by atoms with Crippen molar-refractivity contribution in [2.24, 2.45) is 4.99 Å². The standard InChI is InChI=1S/C19H32N4O3S/c1-20-19(21-12-7-10-17-8-3-2-4-9-17)22-13-15-27(24,25)23-16-18-11-5-6-14-26-18/h2-4,8-9,18,23H,5-7,10-16H2,1H3,(H2,20,21,22). The van der Waals surface area contributed by atoms with Gasteiger partial charge in [-0.05, 0) is 37.7 Å². The van der Waals surface area contributed by atoms with Crippen molar-refractivity contribution in [2.75, 3.05) is 39.0 Å². The Morgan fingerprint density at radius 1 is 1.19 bits per heavy atom. The summed E-state index contributed by atoms with van der Waals surface area (Å²) in [5.41, 5.74) is 1.31. The van der Waals surface area contributed by atoms with Gasteiger partial charge in [-0.25, -0.2) is 13.1 Å². The van der Waals surface area contributed by atoms with Gasteiger partial charge in [0.2, 0.25) is 10.0 Å². The van der Waals surface area contributed by atoms with Crippen molar-refractivity contribution in [1.29, 1.82) is 0 Å². The van der Waals surface area contributed by atoms with Gasteiger partial charge >= 0.3 is 0 Å². The van der Waals surface area contributed by atoms with Crippen molar-refractivity contribution in [1.82, 2.24) is 15.4 Å². The third-order valence-corrected chi connectivity index (χ3v) is 5.82. The highest BCUT2D eigenvalue weighted by Gasteiger charge is 2.17. The number of guanidine groups is 1. The van der Waals surface area contributed by atoms with E-state index in [4.69, 9.17) is 4.74 Å². The van der Waals surface area contributed by atoms with Crippen molar-refractivity contribution in [3.63, 3.8) is 0 Å². The molecule has 0 spiro atoms. The average molecular weight is 397 g/mol. The van der Waals surface area contributed by atoms with E-state index in [2.05, 4.69) is 32.5 Å². The number of rotatable bonds is 10. The molecule has 1 aliphatic rings. The summed E-state index contributed by atoms with van der Waals surface area (Å²) in [5.74, 6) is 0.624. The molecule has 2 rings (SSSR count). The summed E-state index contributed by atoms with van der Waals surface area (Å²) < 4.78 is 32.4. The van der Waals surface area contributed by atoms with Gasteiger partial charge in [-0.3, -0.25) is 4.99 Å². The Balaban J connectivity index is 1.58. The molecule has 1 aromatic carbocycles. The van der Waals surface area contributed by atoms with Gasteiger partial charge in [0.25, 0.3) is 0 Å². The van der Waals surface area contributed by atoms with Crippen LogP contribution in [0.1, 0.15) is 31.2 Å². The van der Waals surface area contributed by atoms with E-state index >= 15 is 0 Å². The number of hydrogen-bond donors (Lipinski definition) is 3. The molecule has 0 aliphatic carbocycles. The fourth-order valence-corrected chi connectivity index (χ4v) is 3.88. The van der Waals surface area contributed by atoms with E-state index in [1.54, 1.807) is 7.05 Å². The molecule has 1 saturated heterocycles. The number of nitrogens with zero attached hydrogens (tertiary/aromatic N) is 1. The summed E-state index contributed by atoms with van der Waals surface area (Å²) in [6.45, 7) is 2.16.